The molecule has 0 aromatic rings. The first-order chi connectivity index (χ1) is 4.95. The van der Waals surface area contributed by atoms with E-state index in [1.54, 1.807) is 0 Å². The number of hydrogen-bond donors (Lipinski definition) is 0. The summed E-state index contributed by atoms with van der Waals surface area (Å²) in [6.45, 7) is 2.13. The molecule has 0 heterocycles. The molecule has 0 radical (unpaired) electrons. The minimum Gasteiger partial charge on any atom is -0.123 e. The Labute approximate surface area is 88.2 Å². The van der Waals surface area contributed by atoms with Gasteiger partial charge in [0.15, 0.2) is 0 Å². The maximum absolute atomic E-state index is 5.94. The Kier molecular flexibility index (Phi) is 6.88. The first-order valence-corrected chi connectivity index (χ1v) is 8.81. The van der Waals surface area contributed by atoms with E-state index in [-0.39, 0.29) is 5.38 Å². The maximum Gasteiger partial charge on any atom is 0.121 e. The molecule has 0 rings (SSSR count). The summed E-state index contributed by atoms with van der Waals surface area (Å²) in [5.41, 5.74) is 0. The van der Waals surface area contributed by atoms with Crippen molar-refractivity contribution in [3.8, 4) is 0 Å². The smallest absolute Gasteiger partial charge is 0.121 e. The highest BCUT2D eigenvalue weighted by Gasteiger charge is 2.14. The third-order valence-corrected chi connectivity index (χ3v) is 4.01. The molecule has 0 saturated carbocycles. The van der Waals surface area contributed by atoms with Gasteiger partial charge in [-0.15, -0.1) is 11.6 Å². The van der Waals surface area contributed by atoms with Gasteiger partial charge in [0.2, 0.25) is 0 Å². The molecule has 0 fully saturated rings. The predicted molar refractivity (Wildman–Crippen MR) is 60.0 cm³/mol. The van der Waals surface area contributed by atoms with E-state index in [0.29, 0.717) is 6.16 Å². The third kappa shape index (κ3) is 9.43. The highest BCUT2D eigenvalue weighted by atomic mass is 35.9. The van der Waals surface area contributed by atoms with Crippen molar-refractivity contribution in [2.45, 2.75) is 31.6 Å². The van der Waals surface area contributed by atoms with Crippen LogP contribution in [-0.4, -0.2) is 11.5 Å². The lowest BCUT2D eigenvalue weighted by molar-refractivity contribution is 0.711. The van der Waals surface area contributed by atoms with Crippen LogP contribution in [0.25, 0.3) is 0 Å². The average molecular weight is 254 g/mol. The monoisotopic (exact) mass is 252 g/mol. The van der Waals surface area contributed by atoms with Crippen LogP contribution >= 0.6 is 38.8 Å². The summed E-state index contributed by atoms with van der Waals surface area (Å²) in [6.07, 6.45) is 3.83. The lowest BCUT2D eigenvalue weighted by Gasteiger charge is -2.10. The normalized spacial score (nSPS) is 14.9. The van der Waals surface area contributed by atoms with Crippen LogP contribution < -0.4 is 0 Å². The minimum atomic E-state index is -2.12. The van der Waals surface area contributed by atoms with Crippen molar-refractivity contribution >= 4 is 50.6 Å². The minimum absolute atomic E-state index is 0.0655. The van der Waals surface area contributed by atoms with Crippen LogP contribution in [-0.2, 0) is 11.8 Å². The highest BCUT2D eigenvalue weighted by molar-refractivity contribution is 8.39. The molecule has 0 aromatic heterocycles. The van der Waals surface area contributed by atoms with Crippen LogP contribution in [0.1, 0.15) is 26.2 Å². The van der Waals surface area contributed by atoms with Crippen molar-refractivity contribution in [3.63, 3.8) is 0 Å². The van der Waals surface area contributed by atoms with Crippen molar-refractivity contribution in [1.29, 1.82) is 0 Å². The van der Waals surface area contributed by atoms with Gasteiger partial charge in [-0.05, 0) is 6.42 Å². The largest absolute Gasteiger partial charge is 0.123 e. The zero-order valence-electron chi connectivity index (χ0n) is 6.40. The summed E-state index contributed by atoms with van der Waals surface area (Å²) in [5.74, 6) is 0. The Hall–Kier alpha value is 1.52. The molecular weight excluding hydrogens is 241 g/mol. The molecular formula is C6H12Cl3PS. The fraction of sp³-hybridized carbons (Fsp3) is 1.00. The van der Waals surface area contributed by atoms with E-state index in [9.17, 15) is 0 Å². The van der Waals surface area contributed by atoms with Gasteiger partial charge in [0, 0.05) is 11.5 Å². The van der Waals surface area contributed by atoms with E-state index in [1.165, 1.54) is 0 Å². The molecule has 11 heavy (non-hydrogen) atoms. The number of rotatable bonds is 5. The summed E-state index contributed by atoms with van der Waals surface area (Å²) in [6, 6.07) is 0. The van der Waals surface area contributed by atoms with Gasteiger partial charge >= 0.3 is 0 Å². The van der Waals surface area contributed by atoms with E-state index in [1.807, 2.05) is 0 Å². The van der Waals surface area contributed by atoms with E-state index >= 15 is 0 Å². The van der Waals surface area contributed by atoms with Crippen LogP contribution in [0.5, 0.6) is 0 Å². The summed E-state index contributed by atoms with van der Waals surface area (Å²) < 4.78 is -2.12. The van der Waals surface area contributed by atoms with Gasteiger partial charge in [0.1, 0.15) is 4.74 Å². The number of unbranched alkanes of at least 4 members (excludes halogenated alkanes) is 1. The van der Waals surface area contributed by atoms with Gasteiger partial charge < -0.3 is 0 Å². The van der Waals surface area contributed by atoms with E-state index in [4.69, 9.17) is 45.9 Å². The molecule has 0 N–H and O–H groups in total. The zero-order valence-corrected chi connectivity index (χ0v) is 10.4. The lowest BCUT2D eigenvalue weighted by atomic mass is 10.2. The van der Waals surface area contributed by atoms with Crippen LogP contribution in [0.4, 0.5) is 0 Å². The van der Waals surface area contributed by atoms with Gasteiger partial charge in [-0.1, -0.05) is 54.1 Å². The molecule has 0 saturated heterocycles. The second-order valence-electron chi connectivity index (χ2n) is 2.49. The van der Waals surface area contributed by atoms with Gasteiger partial charge in [-0.2, -0.15) is 0 Å². The molecule has 0 nitrogen and oxygen atoms in total. The van der Waals surface area contributed by atoms with Crippen LogP contribution in [0.2, 0.25) is 0 Å². The topological polar surface area (TPSA) is 0 Å². The molecule has 0 amide bonds. The standard InChI is InChI=1S/C6H12Cl3PS/c1-2-3-4-6(7)5-10(8,9)11/h6H,2-5H2,1H3. The molecule has 5 heteroatoms. The first kappa shape index (κ1) is 12.5. The second-order valence-corrected chi connectivity index (χ2v) is 11.7. The number of halogens is 3. The molecule has 0 aliphatic carbocycles. The van der Waals surface area contributed by atoms with Gasteiger partial charge in [-0.3, -0.25) is 0 Å². The summed E-state index contributed by atoms with van der Waals surface area (Å²) >= 11 is 22.2. The van der Waals surface area contributed by atoms with Gasteiger partial charge in [0.25, 0.3) is 0 Å². The molecule has 0 spiro atoms. The molecule has 1 unspecified atom stereocenters. The second kappa shape index (κ2) is 6.05. The zero-order chi connectivity index (χ0) is 8.91. The maximum atomic E-state index is 5.94. The molecule has 1 atom stereocenters. The fourth-order valence-corrected chi connectivity index (χ4v) is 4.38. The number of hydrogen-bond acceptors (Lipinski definition) is 1. The van der Waals surface area contributed by atoms with Gasteiger partial charge in [-0.25, -0.2) is 0 Å². The average Bonchev–Trinajstić information content (AvgIpc) is 1.79. The fourth-order valence-electron chi connectivity index (χ4n) is 0.748. The van der Waals surface area contributed by atoms with Crippen molar-refractivity contribution in [1.82, 2.24) is 0 Å². The molecule has 0 aliphatic rings. The van der Waals surface area contributed by atoms with E-state index < -0.39 is 4.74 Å². The molecule has 0 bridgehead atoms. The highest BCUT2D eigenvalue weighted by Crippen LogP contribution is 2.58. The van der Waals surface area contributed by atoms with Crippen molar-refractivity contribution in [2.24, 2.45) is 0 Å². The lowest BCUT2D eigenvalue weighted by Crippen LogP contribution is -2.01. The first-order valence-electron chi connectivity index (χ1n) is 3.58. The Morgan fingerprint density at radius 1 is 1.45 bits per heavy atom. The van der Waals surface area contributed by atoms with Crippen LogP contribution in [0, 0.1) is 0 Å². The third-order valence-electron chi connectivity index (χ3n) is 1.28. The van der Waals surface area contributed by atoms with E-state index in [2.05, 4.69) is 6.92 Å². The molecule has 68 valence electrons. The summed E-state index contributed by atoms with van der Waals surface area (Å²) in [4.78, 5) is 0. The van der Waals surface area contributed by atoms with Crippen LogP contribution in [0.15, 0.2) is 0 Å². The molecule has 0 aliphatic heterocycles. The Balaban J connectivity index is 3.52. The van der Waals surface area contributed by atoms with Crippen LogP contribution in [0.3, 0.4) is 0 Å². The van der Waals surface area contributed by atoms with Gasteiger partial charge in [0.05, 0.1) is 0 Å². The van der Waals surface area contributed by atoms with Crippen molar-refractivity contribution in [2.75, 3.05) is 6.16 Å². The Bertz CT molecular complexity index is 145. The van der Waals surface area contributed by atoms with Crippen molar-refractivity contribution in [3.05, 3.63) is 0 Å². The summed E-state index contributed by atoms with van der Waals surface area (Å²) in [7, 11) is 0. The Morgan fingerprint density at radius 2 is 2.00 bits per heavy atom. The SMILES string of the molecule is CCCCC(Cl)CP(=S)(Cl)Cl. The predicted octanol–water partition coefficient (Wildman–Crippen LogP) is 4.57. The Morgan fingerprint density at radius 3 is 2.36 bits per heavy atom. The number of alkyl halides is 1. The molecule has 0 aromatic carbocycles. The van der Waals surface area contributed by atoms with Crippen molar-refractivity contribution < 1.29 is 0 Å². The summed E-state index contributed by atoms with van der Waals surface area (Å²) in [5, 5.41) is 0.0655. The quantitative estimate of drug-likeness (QED) is 0.511. The van der Waals surface area contributed by atoms with E-state index in [0.717, 1.165) is 19.3 Å².